The zero-order valence-corrected chi connectivity index (χ0v) is 12.3. The lowest BCUT2D eigenvalue weighted by molar-refractivity contribution is 0.199. The third-order valence-electron chi connectivity index (χ3n) is 3.32. The van der Waals surface area contributed by atoms with Crippen LogP contribution in [0, 0.1) is 12.7 Å². The Balaban J connectivity index is 1.94. The van der Waals surface area contributed by atoms with E-state index in [0.29, 0.717) is 36.0 Å². The van der Waals surface area contributed by atoms with Gasteiger partial charge in [-0.15, -0.1) is 0 Å². The van der Waals surface area contributed by atoms with Gasteiger partial charge in [-0.25, -0.2) is 9.07 Å². The molecule has 0 spiro atoms. The molecular formula is C15H15FN4O2. The number of benzene rings is 1. The van der Waals surface area contributed by atoms with Gasteiger partial charge in [-0.1, -0.05) is 17.3 Å². The predicted molar refractivity (Wildman–Crippen MR) is 77.1 cm³/mol. The summed E-state index contributed by atoms with van der Waals surface area (Å²) in [6, 6.07) is 6.45. The Labute approximate surface area is 126 Å². The maximum Gasteiger partial charge on any atom is 0.261 e. The quantitative estimate of drug-likeness (QED) is 0.724. The number of nitrogens with zero attached hydrogens (tertiary/aromatic N) is 4. The normalized spacial score (nSPS) is 11.0. The molecule has 0 saturated heterocycles. The van der Waals surface area contributed by atoms with Crippen LogP contribution in [0.2, 0.25) is 0 Å². The minimum absolute atomic E-state index is 0.341. The van der Waals surface area contributed by atoms with E-state index in [1.165, 1.54) is 10.7 Å². The van der Waals surface area contributed by atoms with Crippen LogP contribution in [0.3, 0.4) is 0 Å². The standard InChI is InChI=1S/C15H15FN4O2/c1-10-11(15-18-14(19-22-15)7-8-21-2)9-17-20(10)13-6-4-3-5-12(13)16/h3-6,9H,7-8H2,1-2H3. The lowest BCUT2D eigenvalue weighted by Crippen LogP contribution is -2.01. The fourth-order valence-corrected chi connectivity index (χ4v) is 2.14. The van der Waals surface area contributed by atoms with Crippen LogP contribution in [-0.2, 0) is 11.2 Å². The van der Waals surface area contributed by atoms with Crippen LogP contribution < -0.4 is 0 Å². The molecule has 0 aliphatic carbocycles. The molecule has 0 amide bonds. The number of halogens is 1. The Morgan fingerprint density at radius 1 is 1.32 bits per heavy atom. The van der Waals surface area contributed by atoms with Gasteiger partial charge in [-0.3, -0.25) is 0 Å². The summed E-state index contributed by atoms with van der Waals surface area (Å²) in [6.45, 7) is 2.35. The maximum absolute atomic E-state index is 13.9. The number of hydrogen-bond donors (Lipinski definition) is 0. The van der Waals surface area contributed by atoms with E-state index in [9.17, 15) is 4.39 Å². The molecule has 2 heterocycles. The van der Waals surface area contributed by atoms with Crippen molar-refractivity contribution in [3.05, 3.63) is 47.8 Å². The molecule has 2 aromatic heterocycles. The second-order valence-corrected chi connectivity index (χ2v) is 4.77. The van der Waals surface area contributed by atoms with E-state index in [1.54, 1.807) is 31.5 Å². The molecule has 7 heteroatoms. The molecule has 0 aliphatic heterocycles. The largest absolute Gasteiger partial charge is 0.384 e. The van der Waals surface area contributed by atoms with Gasteiger partial charge in [0, 0.05) is 13.5 Å². The second kappa shape index (κ2) is 6.07. The topological polar surface area (TPSA) is 66.0 Å². The lowest BCUT2D eigenvalue weighted by Gasteiger charge is -2.05. The van der Waals surface area contributed by atoms with Crippen LogP contribution in [0.4, 0.5) is 4.39 Å². The Hall–Kier alpha value is -2.54. The predicted octanol–water partition coefficient (Wildman–Crippen LogP) is 2.56. The van der Waals surface area contributed by atoms with Crippen LogP contribution >= 0.6 is 0 Å². The highest BCUT2D eigenvalue weighted by molar-refractivity contribution is 5.56. The third kappa shape index (κ3) is 2.62. The van der Waals surface area contributed by atoms with Gasteiger partial charge in [0.25, 0.3) is 5.89 Å². The average Bonchev–Trinajstić information content (AvgIpc) is 3.12. The fraction of sp³-hybridized carbons (Fsp3) is 0.267. The van der Waals surface area contributed by atoms with Gasteiger partial charge < -0.3 is 9.26 Å². The first kappa shape index (κ1) is 14.4. The number of rotatable bonds is 5. The molecule has 0 fully saturated rings. The molecule has 0 unspecified atom stereocenters. The molecule has 114 valence electrons. The fourth-order valence-electron chi connectivity index (χ4n) is 2.14. The molecule has 0 bridgehead atoms. The van der Waals surface area contributed by atoms with Crippen LogP contribution in [0.5, 0.6) is 0 Å². The van der Waals surface area contributed by atoms with Crippen molar-refractivity contribution in [1.82, 2.24) is 19.9 Å². The summed E-state index contributed by atoms with van der Waals surface area (Å²) in [5, 5.41) is 8.11. The van der Waals surface area contributed by atoms with Crippen molar-refractivity contribution < 1.29 is 13.7 Å². The van der Waals surface area contributed by atoms with Crippen molar-refractivity contribution in [2.45, 2.75) is 13.3 Å². The SMILES string of the molecule is COCCc1noc(-c2cnn(-c3ccccc3F)c2C)n1. The smallest absolute Gasteiger partial charge is 0.261 e. The zero-order chi connectivity index (χ0) is 15.5. The van der Waals surface area contributed by atoms with Gasteiger partial charge in [-0.2, -0.15) is 10.1 Å². The summed E-state index contributed by atoms with van der Waals surface area (Å²) in [5.41, 5.74) is 1.79. The molecule has 3 rings (SSSR count). The molecule has 0 atom stereocenters. The van der Waals surface area contributed by atoms with E-state index in [4.69, 9.17) is 9.26 Å². The van der Waals surface area contributed by atoms with Crippen LogP contribution in [-0.4, -0.2) is 33.6 Å². The first-order chi connectivity index (χ1) is 10.7. The minimum atomic E-state index is -0.341. The third-order valence-corrected chi connectivity index (χ3v) is 3.32. The van der Waals surface area contributed by atoms with Gasteiger partial charge in [0.05, 0.1) is 24.1 Å². The van der Waals surface area contributed by atoms with Gasteiger partial charge >= 0.3 is 0 Å². The van der Waals surface area contributed by atoms with Crippen molar-refractivity contribution in [3.8, 4) is 17.1 Å². The number of ether oxygens (including phenoxy) is 1. The molecule has 0 aliphatic rings. The van der Waals surface area contributed by atoms with Crippen LogP contribution in [0.1, 0.15) is 11.5 Å². The minimum Gasteiger partial charge on any atom is -0.384 e. The summed E-state index contributed by atoms with van der Waals surface area (Å²) in [7, 11) is 1.61. The van der Waals surface area contributed by atoms with E-state index in [2.05, 4.69) is 15.2 Å². The summed E-state index contributed by atoms with van der Waals surface area (Å²) < 4.78 is 25.6. The molecule has 3 aromatic rings. The van der Waals surface area contributed by atoms with Gasteiger partial charge in [0.1, 0.15) is 11.5 Å². The number of aromatic nitrogens is 4. The Kier molecular flexibility index (Phi) is 3.97. The highest BCUT2D eigenvalue weighted by atomic mass is 19.1. The van der Waals surface area contributed by atoms with Crippen LogP contribution in [0.15, 0.2) is 35.0 Å². The van der Waals surface area contributed by atoms with Crippen LogP contribution in [0.25, 0.3) is 17.1 Å². The number of hydrogen-bond acceptors (Lipinski definition) is 5. The second-order valence-electron chi connectivity index (χ2n) is 4.77. The van der Waals surface area contributed by atoms with Gasteiger partial charge in [-0.05, 0) is 19.1 Å². The summed E-state index contributed by atoms with van der Waals surface area (Å²) in [6.07, 6.45) is 2.16. The Morgan fingerprint density at radius 2 is 2.14 bits per heavy atom. The average molecular weight is 302 g/mol. The van der Waals surface area contributed by atoms with Crippen molar-refractivity contribution >= 4 is 0 Å². The highest BCUT2D eigenvalue weighted by Crippen LogP contribution is 2.24. The summed E-state index contributed by atoms with van der Waals surface area (Å²) in [5.74, 6) is 0.590. The van der Waals surface area contributed by atoms with E-state index >= 15 is 0 Å². The van der Waals surface area contributed by atoms with Crippen molar-refractivity contribution in [2.24, 2.45) is 0 Å². The number of para-hydroxylation sites is 1. The van der Waals surface area contributed by atoms with Gasteiger partial charge in [0.2, 0.25) is 0 Å². The summed E-state index contributed by atoms with van der Waals surface area (Å²) in [4.78, 5) is 4.30. The molecule has 6 nitrogen and oxygen atoms in total. The first-order valence-electron chi connectivity index (χ1n) is 6.82. The molecule has 0 saturated carbocycles. The van der Waals surface area contributed by atoms with Gasteiger partial charge in [0.15, 0.2) is 5.82 Å². The Morgan fingerprint density at radius 3 is 2.91 bits per heavy atom. The van der Waals surface area contributed by atoms with Crippen molar-refractivity contribution in [1.29, 1.82) is 0 Å². The molecular weight excluding hydrogens is 287 g/mol. The first-order valence-corrected chi connectivity index (χ1v) is 6.82. The van der Waals surface area contributed by atoms with Crippen molar-refractivity contribution in [2.75, 3.05) is 13.7 Å². The van der Waals surface area contributed by atoms with E-state index in [-0.39, 0.29) is 5.82 Å². The van der Waals surface area contributed by atoms with E-state index in [1.807, 2.05) is 6.92 Å². The molecule has 0 N–H and O–H groups in total. The molecule has 22 heavy (non-hydrogen) atoms. The van der Waals surface area contributed by atoms with Crippen molar-refractivity contribution in [3.63, 3.8) is 0 Å². The van der Waals surface area contributed by atoms with E-state index < -0.39 is 0 Å². The highest BCUT2D eigenvalue weighted by Gasteiger charge is 2.17. The summed E-state index contributed by atoms with van der Waals surface area (Å²) >= 11 is 0. The zero-order valence-electron chi connectivity index (χ0n) is 12.3. The van der Waals surface area contributed by atoms with E-state index in [0.717, 1.165) is 5.69 Å². The molecule has 0 radical (unpaired) electrons. The maximum atomic E-state index is 13.9. The monoisotopic (exact) mass is 302 g/mol. The Bertz CT molecular complexity index is 781. The lowest BCUT2D eigenvalue weighted by atomic mass is 10.2. The molecule has 1 aromatic carbocycles. The number of methoxy groups -OCH3 is 1.